The fourth-order valence-corrected chi connectivity index (χ4v) is 1.45. The van der Waals surface area contributed by atoms with Gasteiger partial charge in [-0.25, -0.2) is 0 Å². The molecule has 0 spiro atoms. The first-order chi connectivity index (χ1) is 7.65. The van der Waals surface area contributed by atoms with Gasteiger partial charge in [-0.05, 0) is 25.0 Å². The van der Waals surface area contributed by atoms with E-state index >= 15 is 0 Å². The molecule has 0 aliphatic carbocycles. The highest BCUT2D eigenvalue weighted by atomic mass is 16.5. The van der Waals surface area contributed by atoms with Crippen molar-refractivity contribution in [2.45, 2.75) is 33.4 Å². The number of furan rings is 1. The first-order valence-corrected chi connectivity index (χ1v) is 5.57. The Kier molecular flexibility index (Phi) is 5.05. The first kappa shape index (κ1) is 12.8. The second-order valence-electron chi connectivity index (χ2n) is 3.93. The Morgan fingerprint density at radius 2 is 2.31 bits per heavy atom. The summed E-state index contributed by atoms with van der Waals surface area (Å²) in [5, 5.41) is 3.14. The maximum atomic E-state index is 11.6. The van der Waals surface area contributed by atoms with Crippen molar-refractivity contribution < 1.29 is 13.9 Å². The fourth-order valence-electron chi connectivity index (χ4n) is 1.45. The van der Waals surface area contributed by atoms with Crippen molar-refractivity contribution >= 4 is 5.97 Å². The van der Waals surface area contributed by atoms with E-state index in [-0.39, 0.29) is 17.9 Å². The number of hydrogen-bond acceptors (Lipinski definition) is 4. The van der Waals surface area contributed by atoms with Crippen LogP contribution in [-0.2, 0) is 16.1 Å². The molecule has 4 nitrogen and oxygen atoms in total. The second kappa shape index (κ2) is 6.33. The van der Waals surface area contributed by atoms with Gasteiger partial charge in [0.25, 0.3) is 0 Å². The van der Waals surface area contributed by atoms with E-state index in [1.54, 1.807) is 6.26 Å². The maximum absolute atomic E-state index is 11.6. The predicted molar refractivity (Wildman–Crippen MR) is 60.8 cm³/mol. The highest BCUT2D eigenvalue weighted by molar-refractivity contribution is 5.76. The number of nitrogens with one attached hydrogen (secondary N) is 1. The first-order valence-electron chi connectivity index (χ1n) is 5.57. The lowest BCUT2D eigenvalue weighted by molar-refractivity contribution is -0.146. The highest BCUT2D eigenvalue weighted by Gasteiger charge is 2.22. The van der Waals surface area contributed by atoms with Gasteiger partial charge < -0.3 is 9.15 Å². The molecule has 0 amide bonds. The summed E-state index contributed by atoms with van der Waals surface area (Å²) in [7, 11) is 0. The van der Waals surface area contributed by atoms with Gasteiger partial charge >= 0.3 is 5.97 Å². The Morgan fingerprint density at radius 1 is 1.56 bits per heavy atom. The van der Waals surface area contributed by atoms with Gasteiger partial charge in [-0.2, -0.15) is 0 Å². The average Bonchev–Trinajstić information content (AvgIpc) is 2.70. The van der Waals surface area contributed by atoms with Gasteiger partial charge in [-0.3, -0.25) is 10.1 Å². The molecule has 0 unspecified atom stereocenters. The van der Waals surface area contributed by atoms with E-state index in [0.29, 0.717) is 13.2 Å². The average molecular weight is 225 g/mol. The van der Waals surface area contributed by atoms with Crippen LogP contribution < -0.4 is 5.32 Å². The van der Waals surface area contributed by atoms with Crippen LogP contribution >= 0.6 is 0 Å². The normalized spacial score (nSPS) is 12.8. The molecular formula is C12H19NO3. The summed E-state index contributed by atoms with van der Waals surface area (Å²) < 4.78 is 10.2. The third-order valence-corrected chi connectivity index (χ3v) is 2.28. The molecule has 4 heteroatoms. The number of hydrogen-bond donors (Lipinski definition) is 1. The van der Waals surface area contributed by atoms with Crippen LogP contribution in [0.5, 0.6) is 0 Å². The van der Waals surface area contributed by atoms with Crippen molar-refractivity contribution in [3.63, 3.8) is 0 Å². The van der Waals surface area contributed by atoms with Crippen LogP contribution in [0.3, 0.4) is 0 Å². The minimum atomic E-state index is -0.287. The van der Waals surface area contributed by atoms with Gasteiger partial charge in [0, 0.05) is 0 Å². The van der Waals surface area contributed by atoms with Crippen molar-refractivity contribution in [1.29, 1.82) is 0 Å². The molecule has 1 aromatic heterocycles. The van der Waals surface area contributed by atoms with E-state index in [1.165, 1.54) is 0 Å². The lowest BCUT2D eigenvalue weighted by atomic mass is 10.0. The Labute approximate surface area is 96.0 Å². The Balaban J connectivity index is 2.48. The number of carbonyl (C=O) groups excluding carboxylic acids is 1. The Morgan fingerprint density at radius 3 is 2.81 bits per heavy atom. The number of esters is 1. The summed E-state index contributed by atoms with van der Waals surface area (Å²) in [5.41, 5.74) is 0. The van der Waals surface area contributed by atoms with Crippen LogP contribution in [0.1, 0.15) is 26.5 Å². The lowest BCUT2D eigenvalue weighted by Crippen LogP contribution is -2.41. The van der Waals surface area contributed by atoms with E-state index in [9.17, 15) is 4.79 Å². The molecule has 1 heterocycles. The molecule has 0 aliphatic heterocycles. The predicted octanol–water partition coefficient (Wildman–Crippen LogP) is 1.96. The maximum Gasteiger partial charge on any atom is 0.323 e. The number of rotatable bonds is 6. The summed E-state index contributed by atoms with van der Waals surface area (Å²) in [6, 6.07) is 3.41. The summed E-state index contributed by atoms with van der Waals surface area (Å²) in [6.07, 6.45) is 1.62. The van der Waals surface area contributed by atoms with Gasteiger partial charge in [-0.1, -0.05) is 13.8 Å². The second-order valence-corrected chi connectivity index (χ2v) is 3.93. The molecule has 0 saturated carbocycles. The van der Waals surface area contributed by atoms with Crippen LogP contribution in [0.15, 0.2) is 22.8 Å². The molecule has 0 aromatic carbocycles. The molecule has 0 radical (unpaired) electrons. The molecule has 1 aromatic rings. The monoisotopic (exact) mass is 225 g/mol. The molecule has 0 bridgehead atoms. The topological polar surface area (TPSA) is 51.5 Å². The van der Waals surface area contributed by atoms with Gasteiger partial charge in [0.05, 0.1) is 19.4 Å². The quantitative estimate of drug-likeness (QED) is 0.752. The van der Waals surface area contributed by atoms with E-state index in [1.807, 2.05) is 32.9 Å². The van der Waals surface area contributed by atoms with Gasteiger partial charge in [0.15, 0.2) is 0 Å². The Bertz CT molecular complexity index is 306. The van der Waals surface area contributed by atoms with Gasteiger partial charge in [0.2, 0.25) is 0 Å². The smallest absolute Gasteiger partial charge is 0.323 e. The van der Waals surface area contributed by atoms with Crippen molar-refractivity contribution in [2.75, 3.05) is 6.61 Å². The van der Waals surface area contributed by atoms with Crippen molar-refractivity contribution in [3.8, 4) is 0 Å². The molecule has 0 aliphatic rings. The summed E-state index contributed by atoms with van der Waals surface area (Å²) >= 11 is 0. The van der Waals surface area contributed by atoms with Crippen molar-refractivity contribution in [3.05, 3.63) is 24.2 Å². The van der Waals surface area contributed by atoms with Crippen LogP contribution in [0, 0.1) is 5.92 Å². The van der Waals surface area contributed by atoms with E-state index in [2.05, 4.69) is 5.32 Å². The largest absolute Gasteiger partial charge is 0.468 e. The fraction of sp³-hybridized carbons (Fsp3) is 0.583. The zero-order valence-electron chi connectivity index (χ0n) is 10.0. The number of ether oxygens (including phenoxy) is 1. The van der Waals surface area contributed by atoms with Gasteiger partial charge in [0.1, 0.15) is 11.8 Å². The summed E-state index contributed by atoms with van der Waals surface area (Å²) in [6.45, 7) is 6.72. The van der Waals surface area contributed by atoms with Crippen LogP contribution in [-0.4, -0.2) is 18.6 Å². The third kappa shape index (κ3) is 3.70. The Hall–Kier alpha value is -1.29. The van der Waals surface area contributed by atoms with Crippen LogP contribution in [0.4, 0.5) is 0 Å². The van der Waals surface area contributed by atoms with E-state index in [0.717, 1.165) is 5.76 Å². The molecule has 16 heavy (non-hydrogen) atoms. The molecule has 1 N–H and O–H groups in total. The SMILES string of the molecule is CCOC(=O)[C@@H](NCc1ccco1)C(C)C. The van der Waals surface area contributed by atoms with E-state index < -0.39 is 0 Å². The number of carbonyl (C=O) groups is 1. The molecule has 1 rings (SSSR count). The molecular weight excluding hydrogens is 206 g/mol. The van der Waals surface area contributed by atoms with Crippen LogP contribution in [0.2, 0.25) is 0 Å². The summed E-state index contributed by atoms with van der Waals surface area (Å²) in [4.78, 5) is 11.6. The van der Waals surface area contributed by atoms with Gasteiger partial charge in [-0.15, -0.1) is 0 Å². The van der Waals surface area contributed by atoms with Crippen molar-refractivity contribution in [1.82, 2.24) is 5.32 Å². The molecule has 0 saturated heterocycles. The zero-order chi connectivity index (χ0) is 12.0. The van der Waals surface area contributed by atoms with Crippen molar-refractivity contribution in [2.24, 2.45) is 5.92 Å². The van der Waals surface area contributed by atoms with Crippen LogP contribution in [0.25, 0.3) is 0 Å². The summed E-state index contributed by atoms with van der Waals surface area (Å²) in [5.74, 6) is 0.799. The van der Waals surface area contributed by atoms with E-state index in [4.69, 9.17) is 9.15 Å². The minimum absolute atomic E-state index is 0.189. The third-order valence-electron chi connectivity index (χ3n) is 2.28. The standard InChI is InChI=1S/C12H19NO3/c1-4-15-12(14)11(9(2)3)13-8-10-6-5-7-16-10/h5-7,9,11,13H,4,8H2,1-3H3/t11-/m0/s1. The highest BCUT2D eigenvalue weighted by Crippen LogP contribution is 2.06. The lowest BCUT2D eigenvalue weighted by Gasteiger charge is -2.19. The minimum Gasteiger partial charge on any atom is -0.468 e. The zero-order valence-corrected chi connectivity index (χ0v) is 10.0. The molecule has 1 atom stereocenters. The molecule has 90 valence electrons. The molecule has 0 fully saturated rings.